The standard InChI is InChI=1S/C45H75N3O9/c1-6-7-8-9-11-29-25-57-40(27(29)3)41(54)43(5,55)35-17-20-45(56)37-30(16-18-42(35,45)4)44(19-15-28-13-14-36(46)48-32(28)12-10-21-49)23-34(52)33(51)22-31(44)39(53)38(37)47-24-26(2)50/h13-14,26-27,29-31,33-36,40-41,47-52,54-56H,6-12,15-25,46H2,1-5H3/t26-,27-,29+,30-,31-,33+,34-,35-,36?,40+,41+,42+,43+,44+,45+/m0/s1. The van der Waals surface area contributed by atoms with E-state index in [4.69, 9.17) is 10.5 Å². The minimum absolute atomic E-state index is 0.0368. The van der Waals surface area contributed by atoms with E-state index in [0.29, 0.717) is 63.0 Å². The highest BCUT2D eigenvalue weighted by molar-refractivity contribution is 6.00. The van der Waals surface area contributed by atoms with Gasteiger partial charge in [0.1, 0.15) is 6.10 Å². The van der Waals surface area contributed by atoms with Crippen LogP contribution in [-0.4, -0.2) is 109 Å². The first-order valence-electron chi connectivity index (χ1n) is 22.3. The van der Waals surface area contributed by atoms with Crippen LogP contribution in [0.1, 0.15) is 131 Å². The average Bonchev–Trinajstić information content (AvgIpc) is 3.67. The minimum atomic E-state index is -1.61. The Morgan fingerprint density at radius 3 is 2.54 bits per heavy atom. The average molecular weight is 802 g/mol. The van der Waals surface area contributed by atoms with E-state index >= 15 is 4.79 Å². The van der Waals surface area contributed by atoms with E-state index in [1.165, 1.54) is 19.3 Å². The molecule has 3 saturated carbocycles. The van der Waals surface area contributed by atoms with Gasteiger partial charge in [-0.3, -0.25) is 4.79 Å². The van der Waals surface area contributed by atoms with Gasteiger partial charge >= 0.3 is 0 Å². The van der Waals surface area contributed by atoms with Crippen LogP contribution in [0, 0.1) is 40.4 Å². The van der Waals surface area contributed by atoms with E-state index < -0.39 is 64.4 Å². The van der Waals surface area contributed by atoms with Gasteiger partial charge in [-0.05, 0) is 131 Å². The number of aliphatic hydroxyl groups is 7. The van der Waals surface area contributed by atoms with Crippen LogP contribution >= 0.6 is 0 Å². The molecule has 0 amide bonds. The van der Waals surface area contributed by atoms with Crippen LogP contribution in [-0.2, 0) is 9.53 Å². The number of aliphatic hydroxyl groups excluding tert-OH is 5. The third-order valence-corrected chi connectivity index (χ3v) is 16.0. The van der Waals surface area contributed by atoms with E-state index in [1.54, 1.807) is 13.8 Å². The summed E-state index contributed by atoms with van der Waals surface area (Å²) in [6.07, 6.45) is 8.83. The highest BCUT2D eigenvalue weighted by Crippen LogP contribution is 2.70. The molecule has 11 N–H and O–H groups in total. The highest BCUT2D eigenvalue weighted by atomic mass is 16.5. The number of Topliss-reactive ketones (excluding diaryl/α,β-unsaturated/α-hetero) is 1. The molecule has 4 aliphatic carbocycles. The second-order valence-corrected chi connectivity index (χ2v) is 19.5. The number of allylic oxidation sites excluding steroid dienone is 4. The molecule has 57 heavy (non-hydrogen) atoms. The van der Waals surface area contributed by atoms with Crippen LogP contribution in [0.2, 0.25) is 0 Å². The normalized spacial score (nSPS) is 41.3. The van der Waals surface area contributed by atoms with E-state index in [0.717, 1.165) is 24.1 Å². The molecule has 0 radical (unpaired) electrons. The van der Waals surface area contributed by atoms with Crippen LogP contribution < -0.4 is 16.4 Å². The fourth-order valence-corrected chi connectivity index (χ4v) is 12.7. The fourth-order valence-electron chi connectivity index (χ4n) is 12.7. The first-order chi connectivity index (χ1) is 27.0. The molecule has 2 heterocycles. The Kier molecular flexibility index (Phi) is 13.8. The Bertz CT molecular complexity index is 1530. The second kappa shape index (κ2) is 17.6. The van der Waals surface area contributed by atoms with Crippen LogP contribution in [0.25, 0.3) is 0 Å². The Labute approximate surface area is 340 Å². The molecule has 4 fully saturated rings. The van der Waals surface area contributed by atoms with Crippen molar-refractivity contribution in [2.45, 2.75) is 179 Å². The lowest BCUT2D eigenvalue weighted by Crippen LogP contribution is -2.65. The number of dihydropyridines is 1. The monoisotopic (exact) mass is 802 g/mol. The highest BCUT2D eigenvalue weighted by Gasteiger charge is 2.71. The number of nitrogens with two attached hydrogens (primary N) is 1. The van der Waals surface area contributed by atoms with Crippen molar-refractivity contribution in [3.63, 3.8) is 0 Å². The van der Waals surface area contributed by atoms with E-state index in [-0.39, 0.29) is 61.9 Å². The molecule has 1 unspecified atom stereocenters. The maximum absolute atomic E-state index is 15.1. The molecule has 6 aliphatic rings. The zero-order chi connectivity index (χ0) is 41.5. The number of ether oxygens (including phenoxy) is 1. The van der Waals surface area contributed by atoms with Crippen LogP contribution in [0.5, 0.6) is 0 Å². The summed E-state index contributed by atoms with van der Waals surface area (Å²) >= 11 is 0. The lowest BCUT2D eigenvalue weighted by atomic mass is 9.43. The number of hydrogen-bond acceptors (Lipinski definition) is 12. The van der Waals surface area contributed by atoms with Gasteiger partial charge in [-0.2, -0.15) is 0 Å². The zero-order valence-corrected chi connectivity index (χ0v) is 35.3. The van der Waals surface area contributed by atoms with Crippen molar-refractivity contribution in [3.8, 4) is 0 Å². The summed E-state index contributed by atoms with van der Waals surface area (Å²) in [5.41, 5.74) is 4.15. The zero-order valence-electron chi connectivity index (χ0n) is 35.3. The number of carbonyl (C=O) groups excluding carboxylic acids is 1. The summed E-state index contributed by atoms with van der Waals surface area (Å²) in [5.74, 6) is -1.39. The lowest BCUT2D eigenvalue weighted by molar-refractivity contribution is -0.196. The number of unbranched alkanes of at least 4 members (excludes halogenated alkanes) is 3. The molecule has 12 nitrogen and oxygen atoms in total. The van der Waals surface area contributed by atoms with E-state index in [2.05, 4.69) is 24.5 Å². The van der Waals surface area contributed by atoms with Crippen molar-refractivity contribution < 1.29 is 45.3 Å². The van der Waals surface area contributed by atoms with Crippen molar-refractivity contribution >= 4 is 5.78 Å². The first-order valence-corrected chi connectivity index (χ1v) is 22.3. The topological polar surface area (TPSA) is 218 Å². The van der Waals surface area contributed by atoms with Crippen LogP contribution in [0.4, 0.5) is 0 Å². The van der Waals surface area contributed by atoms with Gasteiger partial charge in [0.15, 0.2) is 5.78 Å². The predicted octanol–water partition coefficient (Wildman–Crippen LogP) is 3.45. The van der Waals surface area contributed by atoms with Crippen LogP contribution in [0.3, 0.4) is 0 Å². The molecule has 0 aromatic heterocycles. The van der Waals surface area contributed by atoms with Gasteiger partial charge in [0.05, 0.1) is 54.1 Å². The third-order valence-electron chi connectivity index (χ3n) is 16.0. The Balaban J connectivity index is 1.36. The molecule has 0 spiro atoms. The summed E-state index contributed by atoms with van der Waals surface area (Å²) in [4.78, 5) is 15.1. The summed E-state index contributed by atoms with van der Waals surface area (Å²) < 4.78 is 6.27. The summed E-state index contributed by atoms with van der Waals surface area (Å²) in [6.45, 7) is 10.3. The minimum Gasteiger partial charge on any atom is -0.396 e. The molecule has 0 aromatic carbocycles. The van der Waals surface area contributed by atoms with Gasteiger partial charge in [0, 0.05) is 30.2 Å². The molecule has 1 saturated heterocycles. The smallest absolute Gasteiger partial charge is 0.182 e. The van der Waals surface area contributed by atoms with Gasteiger partial charge in [-0.1, -0.05) is 52.5 Å². The lowest BCUT2D eigenvalue weighted by Gasteiger charge is -2.62. The third kappa shape index (κ3) is 8.06. The molecule has 2 aliphatic heterocycles. The Morgan fingerprint density at radius 1 is 1.09 bits per heavy atom. The maximum Gasteiger partial charge on any atom is 0.182 e. The van der Waals surface area contributed by atoms with Crippen molar-refractivity contribution in [2.24, 2.45) is 46.2 Å². The van der Waals surface area contributed by atoms with Crippen molar-refractivity contribution in [1.29, 1.82) is 0 Å². The number of ketones is 1. The molecular weight excluding hydrogens is 727 g/mol. The van der Waals surface area contributed by atoms with Crippen molar-refractivity contribution in [2.75, 3.05) is 19.8 Å². The van der Waals surface area contributed by atoms with Gasteiger partial charge in [-0.25, -0.2) is 0 Å². The molecular formula is C45H75N3O9. The van der Waals surface area contributed by atoms with Gasteiger partial charge in [0.25, 0.3) is 0 Å². The number of hydrogen-bond donors (Lipinski definition) is 10. The second-order valence-electron chi connectivity index (χ2n) is 19.5. The molecule has 0 bridgehead atoms. The van der Waals surface area contributed by atoms with Gasteiger partial charge < -0.3 is 56.8 Å². The van der Waals surface area contributed by atoms with Crippen molar-refractivity contribution in [1.82, 2.24) is 10.6 Å². The fraction of sp³-hybridized carbons (Fsp3) is 0.844. The largest absolute Gasteiger partial charge is 0.396 e. The Hall–Kier alpha value is -1.87. The maximum atomic E-state index is 15.1. The SMILES string of the molecule is CCCCCC[C@@H]1CO[C@@H]([C@@H](O)[C@](C)(O)[C@H]2CC[C@@]3(O)C4=C(NC[C@H](C)O)C(=O)[C@@H]5C[C@@H](O)[C@@H](O)C[C@]5(CCC5=C(CCCO)NC(N)C=C5)[C@H]4CC[C@]23C)[C@H]1C. The summed E-state index contributed by atoms with van der Waals surface area (Å²) in [5, 5.41) is 87.3. The molecule has 12 heteroatoms. The quantitative estimate of drug-likeness (QED) is 0.0958. The van der Waals surface area contributed by atoms with E-state index in [1.807, 2.05) is 19.1 Å². The molecule has 324 valence electrons. The predicted molar refractivity (Wildman–Crippen MR) is 218 cm³/mol. The van der Waals surface area contributed by atoms with Gasteiger partial charge in [0.2, 0.25) is 0 Å². The molecule has 6 rings (SSSR count). The molecule has 0 aromatic rings. The summed E-state index contributed by atoms with van der Waals surface area (Å²) in [6, 6.07) is 0. The number of nitrogens with one attached hydrogen (secondary N) is 2. The van der Waals surface area contributed by atoms with Gasteiger partial charge in [-0.15, -0.1) is 0 Å². The summed E-state index contributed by atoms with van der Waals surface area (Å²) in [7, 11) is 0. The van der Waals surface area contributed by atoms with E-state index in [9.17, 15) is 35.7 Å². The number of fused-ring (bicyclic) bond motifs is 5. The molecule has 15 atom stereocenters. The first kappa shape index (κ1) is 44.7. The Morgan fingerprint density at radius 2 is 1.84 bits per heavy atom. The van der Waals surface area contributed by atoms with Crippen LogP contribution in [0.15, 0.2) is 34.7 Å². The number of rotatable bonds is 17. The number of carbonyl (C=O) groups is 1. The van der Waals surface area contributed by atoms with Crippen molar-refractivity contribution in [3.05, 3.63) is 34.7 Å².